The molecule has 0 aliphatic carbocycles. The highest BCUT2D eigenvalue weighted by atomic mass is 35.5. The Balaban J connectivity index is 2.18. The molecule has 2 N–H and O–H groups in total. The van der Waals surface area contributed by atoms with E-state index in [0.29, 0.717) is 17.1 Å². The smallest absolute Gasteiger partial charge is 0.0991 e. The van der Waals surface area contributed by atoms with E-state index in [4.69, 9.17) is 22.6 Å². The van der Waals surface area contributed by atoms with Crippen LogP contribution < -0.4 is 10.6 Å². The topological polar surface area (TPSA) is 53.0 Å². The van der Waals surface area contributed by atoms with Crippen molar-refractivity contribution in [1.29, 1.82) is 5.26 Å². The fraction of sp³-hybridized carbons (Fsp3) is 0.235. The van der Waals surface area contributed by atoms with Crippen molar-refractivity contribution in [3.63, 3.8) is 0 Å². The normalized spacial score (nSPS) is 11.8. The van der Waals surface area contributed by atoms with Crippen LogP contribution in [-0.4, -0.2) is 7.05 Å². The summed E-state index contributed by atoms with van der Waals surface area (Å²) in [6, 6.07) is 15.6. The standard InChI is InChI=1S/C17H18ClN3/c1-12(20)16-7-6-15(9-17(16)18)21(2)11-14-5-3-4-13(8-14)10-19/h3-9,12H,11,20H2,1-2H3. The van der Waals surface area contributed by atoms with Gasteiger partial charge < -0.3 is 10.6 Å². The number of halogens is 1. The molecule has 0 aliphatic heterocycles. The first-order valence-corrected chi connectivity index (χ1v) is 7.14. The van der Waals surface area contributed by atoms with Crippen LogP contribution in [-0.2, 0) is 6.54 Å². The maximum Gasteiger partial charge on any atom is 0.0991 e. The number of hydrogen-bond donors (Lipinski definition) is 1. The van der Waals surface area contributed by atoms with E-state index < -0.39 is 0 Å². The molecule has 3 nitrogen and oxygen atoms in total. The third kappa shape index (κ3) is 3.75. The molecule has 0 spiro atoms. The maximum absolute atomic E-state index is 8.94. The van der Waals surface area contributed by atoms with Gasteiger partial charge in [-0.05, 0) is 42.3 Å². The van der Waals surface area contributed by atoms with E-state index in [0.717, 1.165) is 16.8 Å². The molecule has 0 saturated carbocycles. The van der Waals surface area contributed by atoms with Crippen molar-refractivity contribution in [2.75, 3.05) is 11.9 Å². The van der Waals surface area contributed by atoms with Crippen LogP contribution in [0.5, 0.6) is 0 Å². The minimum Gasteiger partial charge on any atom is -0.370 e. The molecule has 1 atom stereocenters. The molecule has 0 fully saturated rings. The minimum atomic E-state index is -0.0795. The van der Waals surface area contributed by atoms with Crippen molar-refractivity contribution in [2.45, 2.75) is 19.5 Å². The van der Waals surface area contributed by atoms with Gasteiger partial charge in [-0.2, -0.15) is 5.26 Å². The second kappa shape index (κ2) is 6.62. The van der Waals surface area contributed by atoms with Crippen LogP contribution in [0.4, 0.5) is 5.69 Å². The van der Waals surface area contributed by atoms with E-state index >= 15 is 0 Å². The van der Waals surface area contributed by atoms with Crippen LogP contribution in [0.1, 0.15) is 29.7 Å². The quantitative estimate of drug-likeness (QED) is 0.932. The summed E-state index contributed by atoms with van der Waals surface area (Å²) < 4.78 is 0. The van der Waals surface area contributed by atoms with Crippen molar-refractivity contribution in [3.05, 3.63) is 64.2 Å². The summed E-state index contributed by atoms with van der Waals surface area (Å²) in [5, 5.41) is 9.62. The second-order valence-corrected chi connectivity index (χ2v) is 5.57. The Morgan fingerprint density at radius 3 is 2.67 bits per heavy atom. The lowest BCUT2D eigenvalue weighted by Crippen LogP contribution is -2.16. The molecule has 0 aromatic heterocycles. The summed E-state index contributed by atoms with van der Waals surface area (Å²) >= 11 is 6.27. The monoisotopic (exact) mass is 299 g/mol. The van der Waals surface area contributed by atoms with Gasteiger partial charge >= 0.3 is 0 Å². The third-order valence-electron chi connectivity index (χ3n) is 3.39. The zero-order valence-electron chi connectivity index (χ0n) is 12.2. The van der Waals surface area contributed by atoms with Crippen molar-refractivity contribution < 1.29 is 0 Å². The Labute approximate surface area is 130 Å². The van der Waals surface area contributed by atoms with Gasteiger partial charge in [-0.1, -0.05) is 29.8 Å². The van der Waals surface area contributed by atoms with E-state index in [9.17, 15) is 0 Å². The van der Waals surface area contributed by atoms with E-state index in [1.54, 1.807) is 6.07 Å². The van der Waals surface area contributed by atoms with Crippen LogP contribution in [0, 0.1) is 11.3 Å². The molecular formula is C17H18ClN3. The molecule has 4 heteroatoms. The zero-order chi connectivity index (χ0) is 15.4. The number of nitrogens with two attached hydrogens (primary N) is 1. The first kappa shape index (κ1) is 15.4. The lowest BCUT2D eigenvalue weighted by molar-refractivity contribution is 0.817. The number of rotatable bonds is 4. The molecule has 0 aliphatic rings. The van der Waals surface area contributed by atoms with Crippen LogP contribution in [0.15, 0.2) is 42.5 Å². The number of nitriles is 1. The van der Waals surface area contributed by atoms with Gasteiger partial charge in [0.1, 0.15) is 0 Å². The number of hydrogen-bond acceptors (Lipinski definition) is 3. The summed E-state index contributed by atoms with van der Waals surface area (Å²) in [4.78, 5) is 2.09. The van der Waals surface area contributed by atoms with Gasteiger partial charge in [0.2, 0.25) is 0 Å². The maximum atomic E-state index is 8.94. The van der Waals surface area contributed by atoms with Gasteiger partial charge in [0.15, 0.2) is 0 Å². The Morgan fingerprint density at radius 1 is 1.29 bits per heavy atom. The van der Waals surface area contributed by atoms with Gasteiger partial charge in [0.05, 0.1) is 11.6 Å². The van der Waals surface area contributed by atoms with Crippen molar-refractivity contribution in [3.8, 4) is 6.07 Å². The predicted molar refractivity (Wildman–Crippen MR) is 87.3 cm³/mol. The Morgan fingerprint density at radius 2 is 2.05 bits per heavy atom. The van der Waals surface area contributed by atoms with Crippen LogP contribution in [0.25, 0.3) is 0 Å². The SMILES string of the molecule is CC(N)c1ccc(N(C)Cc2cccc(C#N)c2)cc1Cl. The average Bonchev–Trinajstić information content (AvgIpc) is 2.46. The van der Waals surface area contributed by atoms with E-state index in [-0.39, 0.29) is 6.04 Å². The molecule has 0 radical (unpaired) electrons. The molecule has 1 unspecified atom stereocenters. The number of anilines is 1. The highest BCUT2D eigenvalue weighted by Crippen LogP contribution is 2.27. The Kier molecular flexibility index (Phi) is 4.85. The summed E-state index contributed by atoms with van der Waals surface area (Å²) in [7, 11) is 2.00. The van der Waals surface area contributed by atoms with Crippen LogP contribution in [0.3, 0.4) is 0 Å². The van der Waals surface area contributed by atoms with E-state index in [2.05, 4.69) is 11.0 Å². The molecule has 2 aromatic carbocycles. The predicted octanol–water partition coefficient (Wildman–Crippen LogP) is 3.87. The van der Waals surface area contributed by atoms with Crippen molar-refractivity contribution in [1.82, 2.24) is 0 Å². The molecule has 108 valence electrons. The molecule has 2 rings (SSSR count). The Hall–Kier alpha value is -2.02. The van der Waals surface area contributed by atoms with E-state index in [1.807, 2.05) is 50.4 Å². The summed E-state index contributed by atoms with van der Waals surface area (Å²) in [6.45, 7) is 2.63. The largest absolute Gasteiger partial charge is 0.370 e. The van der Waals surface area contributed by atoms with Gasteiger partial charge in [-0.15, -0.1) is 0 Å². The fourth-order valence-electron chi connectivity index (χ4n) is 2.23. The molecule has 0 saturated heterocycles. The van der Waals surface area contributed by atoms with Gasteiger partial charge in [0.25, 0.3) is 0 Å². The van der Waals surface area contributed by atoms with Crippen molar-refractivity contribution >= 4 is 17.3 Å². The fourth-order valence-corrected chi connectivity index (χ4v) is 2.57. The molecule has 0 bridgehead atoms. The first-order valence-electron chi connectivity index (χ1n) is 6.76. The molecule has 2 aromatic rings. The van der Waals surface area contributed by atoms with Gasteiger partial charge in [-0.3, -0.25) is 0 Å². The third-order valence-corrected chi connectivity index (χ3v) is 3.72. The summed E-state index contributed by atoms with van der Waals surface area (Å²) in [6.07, 6.45) is 0. The molecule has 21 heavy (non-hydrogen) atoms. The molecular weight excluding hydrogens is 282 g/mol. The van der Waals surface area contributed by atoms with Gasteiger partial charge in [0, 0.05) is 30.3 Å². The Bertz CT molecular complexity index is 674. The summed E-state index contributed by atoms with van der Waals surface area (Å²) in [5.41, 5.74) is 9.59. The second-order valence-electron chi connectivity index (χ2n) is 5.16. The van der Waals surface area contributed by atoms with Gasteiger partial charge in [-0.25, -0.2) is 0 Å². The number of benzene rings is 2. The van der Waals surface area contributed by atoms with Crippen LogP contribution >= 0.6 is 11.6 Å². The summed E-state index contributed by atoms with van der Waals surface area (Å²) in [5.74, 6) is 0. The molecule has 0 amide bonds. The average molecular weight is 300 g/mol. The van der Waals surface area contributed by atoms with Crippen molar-refractivity contribution in [2.24, 2.45) is 5.73 Å². The lowest BCUT2D eigenvalue weighted by atomic mass is 10.1. The van der Waals surface area contributed by atoms with E-state index in [1.165, 1.54) is 0 Å². The zero-order valence-corrected chi connectivity index (χ0v) is 12.9. The highest BCUT2D eigenvalue weighted by Gasteiger charge is 2.09. The first-order chi connectivity index (χ1) is 10.0. The highest BCUT2D eigenvalue weighted by molar-refractivity contribution is 6.31. The van der Waals surface area contributed by atoms with Crippen LogP contribution in [0.2, 0.25) is 5.02 Å². The lowest BCUT2D eigenvalue weighted by Gasteiger charge is -2.21. The number of nitrogens with zero attached hydrogens (tertiary/aromatic N) is 2. The minimum absolute atomic E-state index is 0.0795. The molecule has 0 heterocycles.